The molecule has 0 aromatic carbocycles. The van der Waals surface area contributed by atoms with Gasteiger partial charge in [-0.05, 0) is 13.8 Å². The summed E-state index contributed by atoms with van der Waals surface area (Å²) in [6.07, 6.45) is -6.61. The van der Waals surface area contributed by atoms with E-state index in [1.807, 2.05) is 6.92 Å². The first kappa shape index (κ1) is 19.7. The van der Waals surface area contributed by atoms with E-state index in [0.717, 1.165) is 4.90 Å². The number of ether oxygens (including phenoxy) is 2. The smallest absolute Gasteiger partial charge is 0.379 e. The summed E-state index contributed by atoms with van der Waals surface area (Å²) in [7, 11) is 0. The lowest BCUT2D eigenvalue weighted by atomic mass is 10.2. The molecule has 0 saturated carbocycles. The van der Waals surface area contributed by atoms with Gasteiger partial charge in [0.15, 0.2) is 0 Å². The molecule has 1 unspecified atom stereocenters. The van der Waals surface area contributed by atoms with Crippen LogP contribution in [0.5, 0.6) is 0 Å². The molecule has 2 amide bonds. The summed E-state index contributed by atoms with van der Waals surface area (Å²) >= 11 is 0. The maximum absolute atomic E-state index is 12.2. The fourth-order valence-corrected chi connectivity index (χ4v) is 2.22. The number of piperazine rings is 1. The van der Waals surface area contributed by atoms with Gasteiger partial charge in [0, 0.05) is 32.8 Å². The van der Waals surface area contributed by atoms with Crippen molar-refractivity contribution < 1.29 is 32.2 Å². The highest BCUT2D eigenvalue weighted by molar-refractivity contribution is 5.81. The van der Waals surface area contributed by atoms with Crippen LogP contribution in [0.15, 0.2) is 0 Å². The number of hydrogen-bond acceptors (Lipinski definition) is 4. The number of carbonyl (C=O) groups excluding carboxylic acids is 2. The van der Waals surface area contributed by atoms with Crippen molar-refractivity contribution in [2.45, 2.75) is 32.5 Å². The number of rotatable bonds is 7. The average molecular weight is 340 g/mol. The predicted octanol–water partition coefficient (Wildman–Crippen LogP) is 1.05. The van der Waals surface area contributed by atoms with E-state index in [1.54, 1.807) is 6.92 Å². The minimum atomic E-state index is -4.51. The molecule has 1 atom stereocenters. The van der Waals surface area contributed by atoms with Crippen LogP contribution in [0.25, 0.3) is 0 Å². The second kappa shape index (κ2) is 9.07. The zero-order valence-electron chi connectivity index (χ0n) is 13.4. The first-order chi connectivity index (χ1) is 10.7. The van der Waals surface area contributed by atoms with Gasteiger partial charge >= 0.3 is 6.18 Å². The van der Waals surface area contributed by atoms with E-state index >= 15 is 0 Å². The first-order valence-electron chi connectivity index (χ1n) is 7.57. The molecule has 1 heterocycles. The van der Waals surface area contributed by atoms with Gasteiger partial charge in [-0.3, -0.25) is 9.59 Å². The first-order valence-corrected chi connectivity index (χ1v) is 7.57. The molecule has 0 radical (unpaired) electrons. The highest BCUT2D eigenvalue weighted by atomic mass is 19.4. The second-order valence-electron chi connectivity index (χ2n) is 5.21. The quantitative estimate of drug-likeness (QED) is 0.650. The zero-order chi connectivity index (χ0) is 17.5. The van der Waals surface area contributed by atoms with E-state index in [2.05, 4.69) is 0 Å². The number of alkyl halides is 3. The second-order valence-corrected chi connectivity index (χ2v) is 5.21. The van der Waals surface area contributed by atoms with Crippen LogP contribution in [0.2, 0.25) is 0 Å². The predicted molar refractivity (Wildman–Crippen MR) is 75.7 cm³/mol. The van der Waals surface area contributed by atoms with Crippen molar-refractivity contribution in [3.63, 3.8) is 0 Å². The topological polar surface area (TPSA) is 59.1 Å². The van der Waals surface area contributed by atoms with Gasteiger partial charge in [0.25, 0.3) is 5.91 Å². The molecule has 9 heteroatoms. The summed E-state index contributed by atoms with van der Waals surface area (Å²) in [5, 5.41) is 0. The number of nitrogens with zero attached hydrogens (tertiary/aromatic N) is 2. The molecule has 1 saturated heterocycles. The van der Waals surface area contributed by atoms with Crippen molar-refractivity contribution in [1.29, 1.82) is 0 Å². The third kappa shape index (κ3) is 7.17. The average Bonchev–Trinajstić information content (AvgIpc) is 2.49. The molecule has 1 aliphatic heterocycles. The monoisotopic (exact) mass is 340 g/mol. The maximum atomic E-state index is 12.2. The number of carbonyl (C=O) groups is 2. The van der Waals surface area contributed by atoms with Gasteiger partial charge in [0.2, 0.25) is 5.91 Å². The van der Waals surface area contributed by atoms with E-state index in [1.165, 1.54) is 4.90 Å². The Labute approximate surface area is 133 Å². The molecule has 23 heavy (non-hydrogen) atoms. The van der Waals surface area contributed by atoms with Crippen LogP contribution in [0, 0.1) is 0 Å². The molecular formula is C14H23F3N2O4. The van der Waals surface area contributed by atoms with Crippen LogP contribution >= 0.6 is 0 Å². The van der Waals surface area contributed by atoms with E-state index < -0.39 is 24.6 Å². The van der Waals surface area contributed by atoms with Crippen LogP contribution in [-0.2, 0) is 19.1 Å². The van der Waals surface area contributed by atoms with Gasteiger partial charge in [0.05, 0.1) is 13.2 Å². The largest absolute Gasteiger partial charge is 0.397 e. The SMILES string of the molecule is CCOCCOC(C)C(=O)N1CCN(C(=O)CC(F)(F)F)CC1. The minimum Gasteiger partial charge on any atom is -0.379 e. The van der Waals surface area contributed by atoms with Crippen molar-refractivity contribution in [2.75, 3.05) is 46.0 Å². The minimum absolute atomic E-state index is 0.103. The van der Waals surface area contributed by atoms with Gasteiger partial charge < -0.3 is 19.3 Å². The number of halogens is 3. The Morgan fingerprint density at radius 3 is 2.17 bits per heavy atom. The Morgan fingerprint density at radius 2 is 1.65 bits per heavy atom. The zero-order valence-corrected chi connectivity index (χ0v) is 13.4. The van der Waals surface area contributed by atoms with Crippen molar-refractivity contribution >= 4 is 11.8 Å². The van der Waals surface area contributed by atoms with E-state index in [0.29, 0.717) is 19.8 Å². The molecule has 0 bridgehead atoms. The summed E-state index contributed by atoms with van der Waals surface area (Å²) < 4.78 is 47.1. The summed E-state index contributed by atoms with van der Waals surface area (Å²) in [5.41, 5.74) is 0. The van der Waals surface area contributed by atoms with Gasteiger partial charge in [0.1, 0.15) is 12.5 Å². The molecule has 1 rings (SSSR count). The van der Waals surface area contributed by atoms with Crippen molar-refractivity contribution in [3.8, 4) is 0 Å². The summed E-state index contributed by atoms with van der Waals surface area (Å²) in [4.78, 5) is 26.3. The normalized spacial score (nSPS) is 17.3. The fraction of sp³-hybridized carbons (Fsp3) is 0.857. The van der Waals surface area contributed by atoms with Crippen LogP contribution < -0.4 is 0 Å². The van der Waals surface area contributed by atoms with Crippen molar-refractivity contribution in [1.82, 2.24) is 9.80 Å². The molecular weight excluding hydrogens is 317 g/mol. The van der Waals surface area contributed by atoms with Gasteiger partial charge in [-0.25, -0.2) is 0 Å². The molecule has 134 valence electrons. The van der Waals surface area contributed by atoms with Gasteiger partial charge in [-0.1, -0.05) is 0 Å². The standard InChI is InChI=1S/C14H23F3N2O4/c1-3-22-8-9-23-11(2)13(21)19-6-4-18(5-7-19)12(20)10-14(15,16)17/h11H,3-10H2,1-2H3. The summed E-state index contributed by atoms with van der Waals surface area (Å²) in [6.45, 7) is 5.36. The van der Waals surface area contributed by atoms with Gasteiger partial charge in [-0.15, -0.1) is 0 Å². The van der Waals surface area contributed by atoms with E-state index in [9.17, 15) is 22.8 Å². The Hall–Kier alpha value is -1.35. The fourth-order valence-electron chi connectivity index (χ4n) is 2.22. The Bertz CT molecular complexity index is 396. The van der Waals surface area contributed by atoms with Crippen LogP contribution in [0.1, 0.15) is 20.3 Å². The highest BCUT2D eigenvalue weighted by Crippen LogP contribution is 2.21. The molecule has 0 aliphatic carbocycles. The highest BCUT2D eigenvalue weighted by Gasteiger charge is 2.35. The van der Waals surface area contributed by atoms with Gasteiger partial charge in [-0.2, -0.15) is 13.2 Å². The third-order valence-electron chi connectivity index (χ3n) is 3.44. The maximum Gasteiger partial charge on any atom is 0.397 e. The van der Waals surface area contributed by atoms with Crippen LogP contribution in [-0.4, -0.2) is 79.9 Å². The molecule has 0 aromatic heterocycles. The molecule has 0 N–H and O–H groups in total. The summed E-state index contributed by atoms with van der Waals surface area (Å²) in [5.74, 6) is -1.19. The molecule has 1 aliphatic rings. The van der Waals surface area contributed by atoms with E-state index in [4.69, 9.17) is 9.47 Å². The lowest BCUT2D eigenvalue weighted by Crippen LogP contribution is -2.53. The van der Waals surface area contributed by atoms with Crippen LogP contribution in [0.3, 0.4) is 0 Å². The number of hydrogen-bond donors (Lipinski definition) is 0. The Balaban J connectivity index is 2.34. The lowest BCUT2D eigenvalue weighted by Gasteiger charge is -2.36. The molecule has 0 aromatic rings. The molecule has 6 nitrogen and oxygen atoms in total. The van der Waals surface area contributed by atoms with Crippen LogP contribution in [0.4, 0.5) is 13.2 Å². The third-order valence-corrected chi connectivity index (χ3v) is 3.44. The lowest BCUT2D eigenvalue weighted by molar-refractivity contribution is -0.164. The van der Waals surface area contributed by atoms with Crippen molar-refractivity contribution in [2.24, 2.45) is 0 Å². The van der Waals surface area contributed by atoms with E-state index in [-0.39, 0.29) is 32.1 Å². The number of amides is 2. The Morgan fingerprint density at radius 1 is 1.09 bits per heavy atom. The molecule has 1 fully saturated rings. The van der Waals surface area contributed by atoms with Crippen molar-refractivity contribution in [3.05, 3.63) is 0 Å². The molecule has 0 spiro atoms. The summed E-state index contributed by atoms with van der Waals surface area (Å²) in [6, 6.07) is 0. The Kier molecular flexibility index (Phi) is 7.77.